The number of hydroxylamine groups is 2. The summed E-state index contributed by atoms with van der Waals surface area (Å²) in [5, 5.41) is 1.38. The molecule has 0 saturated carbocycles. The van der Waals surface area contributed by atoms with E-state index in [1.54, 1.807) is 11.9 Å². The molecule has 2 heterocycles. The zero-order valence-electron chi connectivity index (χ0n) is 12.0. The van der Waals surface area contributed by atoms with E-state index in [4.69, 9.17) is 10.6 Å². The second-order valence-electron chi connectivity index (χ2n) is 5.70. The number of primary amides is 1. The largest absolute Gasteiger partial charge is 0.368 e. The molecule has 6 nitrogen and oxygen atoms in total. The van der Waals surface area contributed by atoms with Crippen LogP contribution in [-0.4, -0.2) is 47.0 Å². The fourth-order valence-corrected chi connectivity index (χ4v) is 3.17. The fraction of sp³-hybridized carbons (Fsp3) is 0.467. The van der Waals surface area contributed by atoms with Gasteiger partial charge in [-0.05, 0) is 25.5 Å². The minimum absolute atomic E-state index is 0.0790. The van der Waals surface area contributed by atoms with E-state index in [0.29, 0.717) is 26.0 Å². The molecule has 1 aromatic rings. The highest BCUT2D eigenvalue weighted by Crippen LogP contribution is 2.41. The number of carbonyl (C=O) groups excluding carboxylic acids is 2. The quantitative estimate of drug-likeness (QED) is 0.808. The first-order valence-corrected chi connectivity index (χ1v) is 7.06. The SMILES string of the molecule is CN1C(C(N)=O)CCC12CN(OCc1ccccc1)C2=O. The summed E-state index contributed by atoms with van der Waals surface area (Å²) in [4.78, 5) is 31.1. The molecule has 1 spiro atoms. The highest BCUT2D eigenvalue weighted by Gasteiger charge is 2.61. The van der Waals surface area contributed by atoms with Crippen LogP contribution < -0.4 is 5.73 Å². The van der Waals surface area contributed by atoms with Gasteiger partial charge in [0.2, 0.25) is 5.91 Å². The summed E-state index contributed by atoms with van der Waals surface area (Å²) < 4.78 is 0. The van der Waals surface area contributed by atoms with Gasteiger partial charge in [0.25, 0.3) is 5.91 Å². The van der Waals surface area contributed by atoms with Gasteiger partial charge in [-0.25, -0.2) is 5.06 Å². The number of rotatable bonds is 4. The zero-order chi connectivity index (χ0) is 15.0. The van der Waals surface area contributed by atoms with E-state index >= 15 is 0 Å². The van der Waals surface area contributed by atoms with Crippen molar-refractivity contribution in [3.05, 3.63) is 35.9 Å². The Morgan fingerprint density at radius 2 is 2.14 bits per heavy atom. The van der Waals surface area contributed by atoms with Crippen LogP contribution in [0.1, 0.15) is 18.4 Å². The Kier molecular flexibility index (Phi) is 3.43. The number of carbonyl (C=O) groups is 2. The van der Waals surface area contributed by atoms with Crippen molar-refractivity contribution < 1.29 is 14.4 Å². The van der Waals surface area contributed by atoms with Crippen LogP contribution in [0.25, 0.3) is 0 Å². The van der Waals surface area contributed by atoms with Crippen molar-refractivity contribution in [1.82, 2.24) is 9.96 Å². The molecule has 3 rings (SSSR count). The first kappa shape index (κ1) is 14.0. The van der Waals surface area contributed by atoms with Crippen LogP contribution in [0.4, 0.5) is 0 Å². The van der Waals surface area contributed by atoms with E-state index in [9.17, 15) is 9.59 Å². The number of likely N-dealkylation sites (tertiary alicyclic amines) is 1. The summed E-state index contributed by atoms with van der Waals surface area (Å²) in [6.45, 7) is 0.852. The van der Waals surface area contributed by atoms with E-state index in [2.05, 4.69) is 0 Å². The topological polar surface area (TPSA) is 75.9 Å². The Bertz CT molecular complexity index is 563. The average Bonchev–Trinajstić information content (AvgIpc) is 2.84. The number of hydrogen-bond acceptors (Lipinski definition) is 4. The van der Waals surface area contributed by atoms with Gasteiger partial charge in [-0.3, -0.25) is 19.3 Å². The highest BCUT2D eigenvalue weighted by atomic mass is 16.7. The van der Waals surface area contributed by atoms with Gasteiger partial charge in [-0.1, -0.05) is 30.3 Å². The van der Waals surface area contributed by atoms with Crippen molar-refractivity contribution in [2.75, 3.05) is 13.6 Å². The molecule has 2 amide bonds. The van der Waals surface area contributed by atoms with Gasteiger partial charge in [-0.15, -0.1) is 0 Å². The van der Waals surface area contributed by atoms with Gasteiger partial charge in [0.05, 0.1) is 12.6 Å². The predicted octanol–water partition coefficient (Wildman–Crippen LogP) is 0.279. The van der Waals surface area contributed by atoms with E-state index < -0.39 is 5.54 Å². The van der Waals surface area contributed by atoms with Crippen LogP contribution in [-0.2, 0) is 21.0 Å². The molecule has 0 radical (unpaired) electrons. The Morgan fingerprint density at radius 3 is 2.71 bits per heavy atom. The fourth-order valence-electron chi connectivity index (χ4n) is 3.17. The number of nitrogens with two attached hydrogens (primary N) is 1. The molecule has 0 aromatic heterocycles. The molecule has 2 unspecified atom stereocenters. The standard InChI is InChI=1S/C15H19N3O3/c1-17-12(13(16)19)7-8-15(17)10-18(14(15)20)21-9-11-5-3-2-4-6-11/h2-6,12H,7-10H2,1H3,(H2,16,19). The number of hydrogen-bond donors (Lipinski definition) is 1. The molecular weight excluding hydrogens is 270 g/mol. The molecule has 112 valence electrons. The third-order valence-corrected chi connectivity index (χ3v) is 4.56. The number of likely N-dealkylation sites (N-methyl/N-ethyl adjacent to an activating group) is 1. The second kappa shape index (κ2) is 5.13. The van der Waals surface area contributed by atoms with Gasteiger partial charge in [-0.2, -0.15) is 0 Å². The van der Waals surface area contributed by atoms with Crippen molar-refractivity contribution in [2.24, 2.45) is 5.73 Å². The van der Waals surface area contributed by atoms with Crippen molar-refractivity contribution in [3.63, 3.8) is 0 Å². The molecule has 2 aliphatic heterocycles. The van der Waals surface area contributed by atoms with E-state index in [-0.39, 0.29) is 17.9 Å². The highest BCUT2D eigenvalue weighted by molar-refractivity contribution is 5.94. The van der Waals surface area contributed by atoms with Crippen LogP contribution >= 0.6 is 0 Å². The maximum Gasteiger partial charge on any atom is 0.268 e. The van der Waals surface area contributed by atoms with E-state index in [0.717, 1.165) is 5.56 Å². The molecule has 1 aromatic carbocycles. The maximum absolute atomic E-state index is 12.4. The van der Waals surface area contributed by atoms with E-state index in [1.807, 2.05) is 30.3 Å². The first-order valence-electron chi connectivity index (χ1n) is 7.06. The molecule has 0 bridgehead atoms. The Labute approximate surface area is 123 Å². The van der Waals surface area contributed by atoms with Crippen molar-refractivity contribution in [1.29, 1.82) is 0 Å². The molecule has 2 saturated heterocycles. The third-order valence-electron chi connectivity index (χ3n) is 4.56. The van der Waals surface area contributed by atoms with Gasteiger partial charge in [0.15, 0.2) is 0 Å². The van der Waals surface area contributed by atoms with Crippen LogP contribution in [0.3, 0.4) is 0 Å². The number of benzene rings is 1. The number of β-lactam (4-membered cyclic amide) rings is 1. The molecule has 2 N–H and O–H groups in total. The van der Waals surface area contributed by atoms with Crippen molar-refractivity contribution in [2.45, 2.75) is 31.0 Å². The zero-order valence-corrected chi connectivity index (χ0v) is 12.0. The summed E-state index contributed by atoms with van der Waals surface area (Å²) in [7, 11) is 1.79. The number of amides is 2. The van der Waals surface area contributed by atoms with Gasteiger partial charge >= 0.3 is 0 Å². The first-order chi connectivity index (χ1) is 10.0. The number of nitrogens with zero attached hydrogens (tertiary/aromatic N) is 2. The predicted molar refractivity (Wildman–Crippen MR) is 75.7 cm³/mol. The second-order valence-corrected chi connectivity index (χ2v) is 5.70. The maximum atomic E-state index is 12.4. The van der Waals surface area contributed by atoms with Crippen LogP contribution in [0.5, 0.6) is 0 Å². The minimum Gasteiger partial charge on any atom is -0.368 e. The van der Waals surface area contributed by atoms with Crippen LogP contribution in [0, 0.1) is 0 Å². The smallest absolute Gasteiger partial charge is 0.268 e. The van der Waals surface area contributed by atoms with Gasteiger partial charge in [0.1, 0.15) is 12.1 Å². The Hall–Kier alpha value is -1.92. The average molecular weight is 289 g/mol. The van der Waals surface area contributed by atoms with Crippen molar-refractivity contribution >= 4 is 11.8 Å². The molecule has 2 fully saturated rings. The summed E-state index contributed by atoms with van der Waals surface area (Å²) in [5.41, 5.74) is 5.78. The summed E-state index contributed by atoms with van der Waals surface area (Å²) in [6.07, 6.45) is 1.28. The summed E-state index contributed by atoms with van der Waals surface area (Å²) in [6, 6.07) is 9.34. The lowest BCUT2D eigenvalue weighted by Gasteiger charge is -2.49. The lowest BCUT2D eigenvalue weighted by atomic mass is 9.88. The normalized spacial score (nSPS) is 28.9. The molecule has 2 aliphatic rings. The molecule has 21 heavy (non-hydrogen) atoms. The van der Waals surface area contributed by atoms with Crippen LogP contribution in [0.15, 0.2) is 30.3 Å². The van der Waals surface area contributed by atoms with Crippen molar-refractivity contribution in [3.8, 4) is 0 Å². The molecular formula is C15H19N3O3. The molecule has 2 atom stereocenters. The molecule has 6 heteroatoms. The monoisotopic (exact) mass is 289 g/mol. The Balaban J connectivity index is 1.59. The molecule has 0 aliphatic carbocycles. The third kappa shape index (κ3) is 2.20. The lowest BCUT2D eigenvalue weighted by Crippen LogP contribution is -2.72. The Morgan fingerprint density at radius 1 is 1.43 bits per heavy atom. The summed E-state index contributed by atoms with van der Waals surface area (Å²) in [5.74, 6) is -0.449. The van der Waals surface area contributed by atoms with Gasteiger partial charge < -0.3 is 5.73 Å². The summed E-state index contributed by atoms with van der Waals surface area (Å²) >= 11 is 0. The van der Waals surface area contributed by atoms with E-state index in [1.165, 1.54) is 5.06 Å². The van der Waals surface area contributed by atoms with Gasteiger partial charge in [0, 0.05) is 0 Å². The van der Waals surface area contributed by atoms with Crippen LogP contribution in [0.2, 0.25) is 0 Å². The minimum atomic E-state index is -0.601. The lowest BCUT2D eigenvalue weighted by molar-refractivity contribution is -0.242.